The summed E-state index contributed by atoms with van der Waals surface area (Å²) in [4.78, 5) is 19.4. The van der Waals surface area contributed by atoms with Crippen LogP contribution in [-0.4, -0.2) is 75.2 Å². The number of alkyl halides is 3. The van der Waals surface area contributed by atoms with Gasteiger partial charge in [-0.05, 0) is 56.9 Å². The highest BCUT2D eigenvalue weighted by atomic mass is 19.4. The van der Waals surface area contributed by atoms with E-state index in [1.54, 1.807) is 23.0 Å². The van der Waals surface area contributed by atoms with E-state index < -0.39 is 18.4 Å². The monoisotopic (exact) mass is 572 g/mol. The fourth-order valence-electron chi connectivity index (χ4n) is 5.63. The molecule has 3 aromatic rings. The Morgan fingerprint density at radius 1 is 1.24 bits per heavy atom. The standard InChI is InChI=1S/C29H35F3N6O3/c1-3-12-38-25-7-6-23(41-18-29(30,31)32)13-24(25)27(36-38)34-15-26(39)35-21-16-37(17-21)22-8-10-28(40,11-9-22)20-5-4-19(2)33-14-20/h3-7,13-14,21-22,40H,1,8-12,15-18H2,2H3,(H,34,36)(H,35,39). The van der Waals surface area contributed by atoms with Gasteiger partial charge >= 0.3 is 6.18 Å². The highest BCUT2D eigenvalue weighted by Gasteiger charge is 2.40. The molecule has 1 saturated carbocycles. The molecule has 0 spiro atoms. The fourth-order valence-corrected chi connectivity index (χ4v) is 5.63. The first-order chi connectivity index (χ1) is 19.5. The smallest absolute Gasteiger partial charge is 0.422 e. The van der Waals surface area contributed by atoms with Crippen molar-refractivity contribution in [1.82, 2.24) is 25.0 Å². The first-order valence-corrected chi connectivity index (χ1v) is 13.8. The van der Waals surface area contributed by atoms with Crippen molar-refractivity contribution in [2.24, 2.45) is 0 Å². The van der Waals surface area contributed by atoms with Gasteiger partial charge in [0.2, 0.25) is 5.91 Å². The molecule has 3 heterocycles. The van der Waals surface area contributed by atoms with E-state index in [-0.39, 0.29) is 24.2 Å². The van der Waals surface area contributed by atoms with Crippen molar-refractivity contribution in [1.29, 1.82) is 0 Å². The van der Waals surface area contributed by atoms with E-state index in [1.165, 1.54) is 12.1 Å². The molecule has 1 aliphatic heterocycles. The highest BCUT2D eigenvalue weighted by Crippen LogP contribution is 2.39. The molecular weight excluding hydrogens is 537 g/mol. The number of nitrogens with one attached hydrogen (secondary N) is 2. The van der Waals surface area contributed by atoms with Gasteiger partial charge in [0.15, 0.2) is 12.4 Å². The number of hydrogen-bond acceptors (Lipinski definition) is 7. The summed E-state index contributed by atoms with van der Waals surface area (Å²) < 4.78 is 44.3. The van der Waals surface area contributed by atoms with E-state index in [9.17, 15) is 23.1 Å². The third-order valence-electron chi connectivity index (χ3n) is 7.87. The van der Waals surface area contributed by atoms with E-state index >= 15 is 0 Å². The third kappa shape index (κ3) is 6.82. The number of ether oxygens (including phenoxy) is 1. The molecule has 12 heteroatoms. The largest absolute Gasteiger partial charge is 0.484 e. The Kier molecular flexibility index (Phi) is 8.23. The van der Waals surface area contributed by atoms with Gasteiger partial charge in [-0.15, -0.1) is 6.58 Å². The van der Waals surface area contributed by atoms with Crippen LogP contribution >= 0.6 is 0 Å². The molecule has 3 N–H and O–H groups in total. The molecule has 2 aromatic heterocycles. The van der Waals surface area contributed by atoms with Gasteiger partial charge in [-0.2, -0.15) is 18.3 Å². The third-order valence-corrected chi connectivity index (χ3v) is 7.87. The number of carbonyl (C=O) groups is 1. The maximum Gasteiger partial charge on any atom is 0.422 e. The van der Waals surface area contributed by atoms with Crippen LogP contribution < -0.4 is 15.4 Å². The summed E-state index contributed by atoms with van der Waals surface area (Å²) in [6.45, 7) is 6.10. The first kappa shape index (κ1) is 28.9. The first-order valence-electron chi connectivity index (χ1n) is 13.8. The number of pyridine rings is 1. The highest BCUT2D eigenvalue weighted by molar-refractivity contribution is 5.93. The number of carbonyl (C=O) groups excluding carboxylic acids is 1. The van der Waals surface area contributed by atoms with Crippen LogP contribution in [0.2, 0.25) is 0 Å². The summed E-state index contributed by atoms with van der Waals surface area (Å²) in [6.07, 6.45) is 2.09. The number of nitrogens with zero attached hydrogens (tertiary/aromatic N) is 4. The number of allylic oxidation sites excluding steroid dienone is 1. The van der Waals surface area contributed by atoms with Crippen LogP contribution in [0.15, 0.2) is 49.2 Å². The molecule has 220 valence electrons. The van der Waals surface area contributed by atoms with E-state index in [1.807, 2.05) is 19.1 Å². The summed E-state index contributed by atoms with van der Waals surface area (Å²) in [7, 11) is 0. The Morgan fingerprint density at radius 2 is 2.00 bits per heavy atom. The zero-order chi connectivity index (χ0) is 29.2. The molecular formula is C29H35F3N6O3. The average Bonchev–Trinajstić information content (AvgIpc) is 3.25. The molecule has 0 atom stereocenters. The van der Waals surface area contributed by atoms with Crippen LogP contribution in [0.4, 0.5) is 19.0 Å². The Morgan fingerprint density at radius 3 is 2.66 bits per heavy atom. The Bertz CT molecular complexity index is 1380. The Hall–Kier alpha value is -3.64. The van der Waals surface area contributed by atoms with Gasteiger partial charge in [-0.1, -0.05) is 12.1 Å². The second-order valence-electron chi connectivity index (χ2n) is 10.9. The van der Waals surface area contributed by atoms with E-state index in [0.717, 1.165) is 37.2 Å². The van der Waals surface area contributed by atoms with Gasteiger partial charge in [0, 0.05) is 42.0 Å². The minimum absolute atomic E-state index is 0.0313. The molecule has 9 nitrogen and oxygen atoms in total. The number of aliphatic hydroxyl groups is 1. The molecule has 41 heavy (non-hydrogen) atoms. The molecule has 2 aliphatic rings. The lowest BCUT2D eigenvalue weighted by atomic mass is 9.77. The number of rotatable bonds is 10. The lowest BCUT2D eigenvalue weighted by molar-refractivity contribution is -0.153. The van der Waals surface area contributed by atoms with E-state index in [2.05, 4.69) is 32.2 Å². The Balaban J connectivity index is 1.11. The second-order valence-corrected chi connectivity index (χ2v) is 10.9. The van der Waals surface area contributed by atoms with Crippen molar-refractivity contribution in [2.45, 2.75) is 63.0 Å². The van der Waals surface area contributed by atoms with Crippen molar-refractivity contribution in [3.05, 3.63) is 60.4 Å². The zero-order valence-corrected chi connectivity index (χ0v) is 23.0. The SMILES string of the molecule is C=CCn1nc(NCC(=O)NC2CN(C3CCC(O)(c4ccc(C)nc4)CC3)C2)c2cc(OCC(F)(F)F)ccc21. The van der Waals surface area contributed by atoms with Gasteiger partial charge < -0.3 is 20.5 Å². The van der Waals surface area contributed by atoms with Crippen LogP contribution in [-0.2, 0) is 16.9 Å². The van der Waals surface area contributed by atoms with Gasteiger partial charge in [0.05, 0.1) is 30.2 Å². The number of hydrogen-bond donors (Lipinski definition) is 3. The predicted molar refractivity (Wildman–Crippen MR) is 149 cm³/mol. The molecule has 1 aromatic carbocycles. The van der Waals surface area contributed by atoms with Gasteiger partial charge in [0.25, 0.3) is 0 Å². The summed E-state index contributed by atoms with van der Waals surface area (Å²) in [5, 5.41) is 22.2. The number of likely N-dealkylation sites (tertiary alicyclic amines) is 1. The zero-order valence-electron chi connectivity index (χ0n) is 23.0. The number of fused-ring (bicyclic) bond motifs is 1. The van der Waals surface area contributed by atoms with Crippen LogP contribution in [0.1, 0.15) is 36.9 Å². The molecule has 5 rings (SSSR count). The molecule has 1 saturated heterocycles. The Labute approximate surface area is 236 Å². The second kappa shape index (κ2) is 11.7. The van der Waals surface area contributed by atoms with Crippen molar-refractivity contribution in [2.75, 3.05) is 31.6 Å². The van der Waals surface area contributed by atoms with Crippen molar-refractivity contribution in [3.8, 4) is 5.75 Å². The predicted octanol–water partition coefficient (Wildman–Crippen LogP) is 3.91. The number of amides is 1. The van der Waals surface area contributed by atoms with Gasteiger partial charge in [0.1, 0.15) is 5.75 Å². The minimum atomic E-state index is -4.45. The number of halogens is 3. The maximum absolute atomic E-state index is 12.7. The number of anilines is 1. The lowest BCUT2D eigenvalue weighted by Gasteiger charge is -2.48. The summed E-state index contributed by atoms with van der Waals surface area (Å²) in [5.41, 5.74) is 1.64. The van der Waals surface area contributed by atoms with E-state index in [4.69, 9.17) is 4.74 Å². The van der Waals surface area contributed by atoms with Crippen molar-refractivity contribution >= 4 is 22.6 Å². The molecule has 1 amide bonds. The maximum atomic E-state index is 12.7. The van der Waals surface area contributed by atoms with Crippen molar-refractivity contribution in [3.63, 3.8) is 0 Å². The van der Waals surface area contributed by atoms with Gasteiger partial charge in [-0.3, -0.25) is 19.4 Å². The van der Waals surface area contributed by atoms with Crippen LogP contribution in [0.3, 0.4) is 0 Å². The number of aromatic nitrogens is 3. The molecule has 1 aliphatic carbocycles. The topological polar surface area (TPSA) is 105 Å². The summed E-state index contributed by atoms with van der Waals surface area (Å²) in [6, 6.07) is 8.86. The van der Waals surface area contributed by atoms with Gasteiger partial charge in [-0.25, -0.2) is 0 Å². The molecule has 0 radical (unpaired) electrons. The van der Waals surface area contributed by atoms with Crippen LogP contribution in [0, 0.1) is 6.92 Å². The number of aryl methyl sites for hydroxylation is 1. The lowest BCUT2D eigenvalue weighted by Crippen LogP contribution is -2.63. The summed E-state index contributed by atoms with van der Waals surface area (Å²) in [5.74, 6) is 0.241. The van der Waals surface area contributed by atoms with Crippen LogP contribution in [0.5, 0.6) is 5.75 Å². The normalized spacial score (nSPS) is 21.8. The fraction of sp³-hybridized carbons (Fsp3) is 0.483. The quantitative estimate of drug-likeness (QED) is 0.317. The van der Waals surface area contributed by atoms with Crippen LogP contribution in [0.25, 0.3) is 10.9 Å². The molecule has 2 fully saturated rings. The number of benzene rings is 1. The van der Waals surface area contributed by atoms with Crippen molar-refractivity contribution < 1.29 is 27.8 Å². The average molecular weight is 573 g/mol. The molecule has 0 unspecified atom stereocenters. The minimum Gasteiger partial charge on any atom is -0.484 e. The molecule has 0 bridgehead atoms. The summed E-state index contributed by atoms with van der Waals surface area (Å²) >= 11 is 0. The van der Waals surface area contributed by atoms with E-state index in [0.29, 0.717) is 42.1 Å².